The molecular weight excluding hydrogens is 216 g/mol. The number of nitrogen functional groups attached to an aromatic ring is 1. The van der Waals surface area contributed by atoms with Gasteiger partial charge in [0, 0.05) is 6.07 Å². The van der Waals surface area contributed by atoms with Crippen LogP contribution in [-0.2, 0) is 0 Å². The fourth-order valence-corrected chi connectivity index (χ4v) is 1.08. The molecule has 0 radical (unpaired) electrons. The molecule has 2 rings (SSSR count). The zero-order chi connectivity index (χ0) is 11.5. The third-order valence-electron chi connectivity index (χ3n) is 1.74. The highest BCUT2D eigenvalue weighted by Crippen LogP contribution is 2.22. The molecule has 1 heterocycles. The van der Waals surface area contributed by atoms with Gasteiger partial charge in [-0.15, -0.1) is 0 Å². The predicted octanol–water partition coefficient (Wildman–Crippen LogP) is 2.13. The molecule has 2 aromatic rings. The molecule has 0 saturated carbocycles. The van der Waals surface area contributed by atoms with Gasteiger partial charge >= 0.3 is 0 Å². The monoisotopic (exact) mass is 223 g/mol. The lowest BCUT2D eigenvalue weighted by atomic mass is 10.3. The van der Waals surface area contributed by atoms with Crippen molar-refractivity contribution < 1.29 is 13.5 Å². The summed E-state index contributed by atoms with van der Waals surface area (Å²) < 4.78 is 31.0. The van der Waals surface area contributed by atoms with Gasteiger partial charge in [-0.2, -0.15) is 9.37 Å². The van der Waals surface area contributed by atoms with Gasteiger partial charge in [0.1, 0.15) is 11.6 Å². The molecule has 82 valence electrons. The normalized spacial score (nSPS) is 10.1. The summed E-state index contributed by atoms with van der Waals surface area (Å²) in [6, 6.07) is 5.27. The van der Waals surface area contributed by atoms with Crippen LogP contribution in [0.25, 0.3) is 0 Å². The quantitative estimate of drug-likeness (QED) is 0.847. The number of nitrogens with zero attached hydrogens (tertiary/aromatic N) is 2. The van der Waals surface area contributed by atoms with Crippen molar-refractivity contribution in [1.29, 1.82) is 0 Å². The Morgan fingerprint density at radius 3 is 2.81 bits per heavy atom. The SMILES string of the molecule is Nc1ncc(F)c(Oc2cccc(F)c2)n1. The van der Waals surface area contributed by atoms with Crippen molar-refractivity contribution in [3.63, 3.8) is 0 Å². The first-order valence-corrected chi connectivity index (χ1v) is 4.36. The first-order valence-electron chi connectivity index (χ1n) is 4.36. The first kappa shape index (κ1) is 10.3. The lowest BCUT2D eigenvalue weighted by molar-refractivity contribution is 0.418. The third-order valence-corrected chi connectivity index (χ3v) is 1.74. The molecule has 0 saturated heterocycles. The molecule has 2 N–H and O–H groups in total. The maximum Gasteiger partial charge on any atom is 0.260 e. The molecule has 1 aromatic carbocycles. The van der Waals surface area contributed by atoms with Crippen molar-refractivity contribution in [2.75, 3.05) is 5.73 Å². The second-order valence-electron chi connectivity index (χ2n) is 2.94. The average molecular weight is 223 g/mol. The lowest BCUT2D eigenvalue weighted by Crippen LogP contribution is -1.99. The molecule has 1 aromatic heterocycles. The summed E-state index contributed by atoms with van der Waals surface area (Å²) in [6.07, 6.45) is 0.886. The molecule has 0 aliphatic heterocycles. The van der Waals surface area contributed by atoms with E-state index in [1.165, 1.54) is 18.2 Å². The standard InChI is InChI=1S/C10H7F2N3O/c11-6-2-1-3-7(4-6)16-9-8(12)5-14-10(13)15-9/h1-5H,(H2,13,14,15). The topological polar surface area (TPSA) is 61.0 Å². The zero-order valence-electron chi connectivity index (χ0n) is 8.02. The van der Waals surface area contributed by atoms with Crippen LogP contribution in [0.4, 0.5) is 14.7 Å². The fourth-order valence-electron chi connectivity index (χ4n) is 1.08. The number of halogens is 2. The Labute approximate surface area is 89.7 Å². The van der Waals surface area contributed by atoms with Gasteiger partial charge in [0.2, 0.25) is 11.8 Å². The van der Waals surface area contributed by atoms with Crippen LogP contribution in [0.15, 0.2) is 30.5 Å². The second kappa shape index (κ2) is 4.09. The highest BCUT2D eigenvalue weighted by Gasteiger charge is 2.08. The van der Waals surface area contributed by atoms with Gasteiger partial charge in [-0.25, -0.2) is 9.37 Å². The number of ether oxygens (including phenoxy) is 1. The van der Waals surface area contributed by atoms with E-state index in [1.54, 1.807) is 0 Å². The molecule has 0 aliphatic rings. The predicted molar refractivity (Wildman–Crippen MR) is 52.9 cm³/mol. The van der Waals surface area contributed by atoms with Crippen LogP contribution in [0.1, 0.15) is 0 Å². The molecule has 0 bridgehead atoms. The second-order valence-corrected chi connectivity index (χ2v) is 2.94. The zero-order valence-corrected chi connectivity index (χ0v) is 8.02. The molecule has 16 heavy (non-hydrogen) atoms. The van der Waals surface area contributed by atoms with Gasteiger partial charge in [0.25, 0.3) is 5.88 Å². The van der Waals surface area contributed by atoms with Crippen molar-refractivity contribution in [2.45, 2.75) is 0 Å². The van der Waals surface area contributed by atoms with E-state index in [2.05, 4.69) is 9.97 Å². The van der Waals surface area contributed by atoms with Crippen LogP contribution >= 0.6 is 0 Å². The summed E-state index contributed by atoms with van der Waals surface area (Å²) in [7, 11) is 0. The number of hydrogen-bond donors (Lipinski definition) is 1. The number of rotatable bonds is 2. The minimum Gasteiger partial charge on any atom is -0.436 e. The minimum absolute atomic E-state index is 0.118. The van der Waals surface area contributed by atoms with Gasteiger partial charge in [-0.3, -0.25) is 0 Å². The Morgan fingerprint density at radius 1 is 1.25 bits per heavy atom. The average Bonchev–Trinajstić information content (AvgIpc) is 2.24. The van der Waals surface area contributed by atoms with E-state index in [4.69, 9.17) is 10.5 Å². The van der Waals surface area contributed by atoms with E-state index in [-0.39, 0.29) is 17.6 Å². The molecule has 0 fully saturated rings. The summed E-state index contributed by atoms with van der Waals surface area (Å²) in [6.45, 7) is 0. The fraction of sp³-hybridized carbons (Fsp3) is 0. The Hall–Kier alpha value is -2.24. The Balaban J connectivity index is 2.30. The van der Waals surface area contributed by atoms with E-state index >= 15 is 0 Å². The van der Waals surface area contributed by atoms with E-state index in [1.807, 2.05) is 0 Å². The van der Waals surface area contributed by atoms with Crippen LogP contribution < -0.4 is 10.5 Å². The number of hydrogen-bond acceptors (Lipinski definition) is 4. The molecule has 0 amide bonds. The van der Waals surface area contributed by atoms with Crippen molar-refractivity contribution >= 4 is 5.95 Å². The van der Waals surface area contributed by atoms with Gasteiger partial charge < -0.3 is 10.5 Å². The van der Waals surface area contributed by atoms with Gasteiger partial charge in [0.15, 0.2) is 0 Å². The Morgan fingerprint density at radius 2 is 2.06 bits per heavy atom. The van der Waals surface area contributed by atoms with Crippen molar-refractivity contribution in [1.82, 2.24) is 9.97 Å². The highest BCUT2D eigenvalue weighted by atomic mass is 19.1. The van der Waals surface area contributed by atoms with E-state index in [0.717, 1.165) is 12.3 Å². The number of benzene rings is 1. The molecule has 0 unspecified atom stereocenters. The summed E-state index contributed by atoms with van der Waals surface area (Å²) in [4.78, 5) is 6.98. The van der Waals surface area contributed by atoms with Crippen LogP contribution in [0.2, 0.25) is 0 Å². The van der Waals surface area contributed by atoms with Crippen LogP contribution in [0.5, 0.6) is 11.6 Å². The molecule has 6 heteroatoms. The van der Waals surface area contributed by atoms with Gasteiger partial charge in [-0.05, 0) is 12.1 Å². The summed E-state index contributed by atoms with van der Waals surface area (Å²) in [5.41, 5.74) is 5.27. The molecular formula is C10H7F2N3O. The van der Waals surface area contributed by atoms with Crippen molar-refractivity contribution in [3.8, 4) is 11.6 Å². The molecule has 0 aliphatic carbocycles. The van der Waals surface area contributed by atoms with Crippen LogP contribution in [-0.4, -0.2) is 9.97 Å². The smallest absolute Gasteiger partial charge is 0.260 e. The van der Waals surface area contributed by atoms with Gasteiger partial charge in [-0.1, -0.05) is 6.07 Å². The maximum atomic E-state index is 13.2. The molecule has 0 atom stereocenters. The third kappa shape index (κ3) is 2.22. The molecule has 4 nitrogen and oxygen atoms in total. The summed E-state index contributed by atoms with van der Waals surface area (Å²) in [5.74, 6) is -1.57. The lowest BCUT2D eigenvalue weighted by Gasteiger charge is -2.05. The Kier molecular flexibility index (Phi) is 2.63. The van der Waals surface area contributed by atoms with E-state index in [0.29, 0.717) is 0 Å². The van der Waals surface area contributed by atoms with Crippen molar-refractivity contribution in [3.05, 3.63) is 42.1 Å². The Bertz CT molecular complexity index is 519. The van der Waals surface area contributed by atoms with Gasteiger partial charge in [0.05, 0.1) is 6.20 Å². The number of nitrogens with two attached hydrogens (primary N) is 1. The van der Waals surface area contributed by atoms with Crippen LogP contribution in [0.3, 0.4) is 0 Å². The minimum atomic E-state index is -0.765. The van der Waals surface area contributed by atoms with E-state index in [9.17, 15) is 8.78 Å². The number of aromatic nitrogens is 2. The first-order chi connectivity index (χ1) is 7.65. The van der Waals surface area contributed by atoms with Crippen LogP contribution in [0, 0.1) is 11.6 Å². The molecule has 0 spiro atoms. The van der Waals surface area contributed by atoms with Crippen molar-refractivity contribution in [2.24, 2.45) is 0 Å². The summed E-state index contributed by atoms with van der Waals surface area (Å²) in [5, 5.41) is 0. The maximum absolute atomic E-state index is 13.2. The van der Waals surface area contributed by atoms with E-state index < -0.39 is 11.6 Å². The largest absolute Gasteiger partial charge is 0.436 e. The highest BCUT2D eigenvalue weighted by molar-refractivity contribution is 5.30. The summed E-state index contributed by atoms with van der Waals surface area (Å²) >= 11 is 0. The number of anilines is 1.